The number of hydrogen-bond acceptors (Lipinski definition) is 2. The second-order valence-electron chi connectivity index (χ2n) is 8.32. The average molecular weight is 444 g/mol. The second kappa shape index (κ2) is 10.3. The molecule has 3 heteroatoms. The van der Waals surface area contributed by atoms with Crippen LogP contribution in [0, 0.1) is 5.92 Å². The number of allylic oxidation sites excluding steroid dienone is 1. The molecule has 0 bridgehead atoms. The molecule has 0 heterocycles. The summed E-state index contributed by atoms with van der Waals surface area (Å²) in [5.74, 6) is 1.16. The zero-order chi connectivity index (χ0) is 22.4. The van der Waals surface area contributed by atoms with Crippen molar-refractivity contribution in [2.24, 2.45) is 5.92 Å². The van der Waals surface area contributed by atoms with E-state index in [-0.39, 0.29) is 6.10 Å². The Bertz CT molecular complexity index is 948. The SMILES string of the molecule is C=C(OC)C1=CC(OC)C(C[P+](c2ccccc2)(c2ccccc2)c2ccccc2)CC1. The molecule has 32 heavy (non-hydrogen) atoms. The standard InChI is InChI=1S/C29H32O2P/c1-23(30-2)24-19-20-25(29(21-24)31-3)22-32(26-13-7-4-8-14-26,27-15-9-5-10-16-27)28-17-11-6-12-18-28/h4-18,21,25,29H,1,19-20,22H2,2-3H3/q+1. The van der Waals surface area contributed by atoms with E-state index in [0.29, 0.717) is 5.92 Å². The molecule has 0 radical (unpaired) electrons. The maximum Gasteiger partial charge on any atom is 0.114 e. The molecule has 0 amide bonds. The van der Waals surface area contributed by atoms with Gasteiger partial charge in [0.15, 0.2) is 0 Å². The van der Waals surface area contributed by atoms with Crippen molar-refractivity contribution in [3.05, 3.63) is 115 Å². The smallest absolute Gasteiger partial charge is 0.114 e. The summed E-state index contributed by atoms with van der Waals surface area (Å²) in [6.45, 7) is 4.07. The lowest BCUT2D eigenvalue weighted by atomic mass is 9.88. The van der Waals surface area contributed by atoms with Crippen LogP contribution in [-0.4, -0.2) is 26.5 Å². The molecule has 3 aromatic carbocycles. The van der Waals surface area contributed by atoms with Crippen molar-refractivity contribution in [2.45, 2.75) is 18.9 Å². The van der Waals surface area contributed by atoms with Crippen molar-refractivity contribution >= 4 is 23.2 Å². The van der Waals surface area contributed by atoms with E-state index < -0.39 is 7.26 Å². The van der Waals surface area contributed by atoms with Gasteiger partial charge in [-0.15, -0.1) is 0 Å². The molecule has 2 unspecified atom stereocenters. The van der Waals surface area contributed by atoms with Crippen molar-refractivity contribution in [3.8, 4) is 0 Å². The van der Waals surface area contributed by atoms with Gasteiger partial charge in [0.2, 0.25) is 0 Å². The van der Waals surface area contributed by atoms with Crippen LogP contribution in [0.3, 0.4) is 0 Å². The molecule has 2 nitrogen and oxygen atoms in total. The highest BCUT2D eigenvalue weighted by molar-refractivity contribution is 7.95. The van der Waals surface area contributed by atoms with Crippen LogP contribution >= 0.6 is 7.26 Å². The lowest BCUT2D eigenvalue weighted by Gasteiger charge is -2.35. The minimum Gasteiger partial charge on any atom is -0.497 e. The molecule has 0 spiro atoms. The Kier molecular flexibility index (Phi) is 7.25. The Labute approximate surface area is 192 Å². The van der Waals surface area contributed by atoms with Gasteiger partial charge in [-0.25, -0.2) is 0 Å². The van der Waals surface area contributed by atoms with Crippen molar-refractivity contribution in [2.75, 3.05) is 20.4 Å². The van der Waals surface area contributed by atoms with Crippen molar-refractivity contribution in [1.29, 1.82) is 0 Å². The molecule has 0 saturated heterocycles. The molecule has 0 N–H and O–H groups in total. The number of benzene rings is 3. The number of hydrogen-bond donors (Lipinski definition) is 0. The van der Waals surface area contributed by atoms with E-state index in [1.165, 1.54) is 21.5 Å². The third-order valence-corrected chi connectivity index (χ3v) is 11.1. The van der Waals surface area contributed by atoms with Crippen LogP contribution in [0.5, 0.6) is 0 Å². The predicted octanol–water partition coefficient (Wildman–Crippen LogP) is 5.49. The summed E-state index contributed by atoms with van der Waals surface area (Å²) < 4.78 is 11.4. The Hall–Kier alpha value is -2.67. The van der Waals surface area contributed by atoms with Crippen molar-refractivity contribution < 1.29 is 9.47 Å². The molecule has 3 aromatic rings. The average Bonchev–Trinajstić information content (AvgIpc) is 2.88. The van der Waals surface area contributed by atoms with E-state index in [4.69, 9.17) is 9.47 Å². The van der Waals surface area contributed by atoms with Gasteiger partial charge in [0.05, 0.1) is 19.4 Å². The molecule has 0 saturated carbocycles. The minimum atomic E-state index is -1.89. The number of methoxy groups -OCH3 is 2. The summed E-state index contributed by atoms with van der Waals surface area (Å²) in [7, 11) is 1.62. The molecule has 0 fully saturated rings. The van der Waals surface area contributed by atoms with Gasteiger partial charge >= 0.3 is 0 Å². The van der Waals surface area contributed by atoms with E-state index in [9.17, 15) is 0 Å². The first-order valence-corrected chi connectivity index (χ1v) is 13.2. The summed E-state index contributed by atoms with van der Waals surface area (Å²) in [5, 5.41) is 4.26. The van der Waals surface area contributed by atoms with Crippen LogP contribution in [0.15, 0.2) is 115 Å². The van der Waals surface area contributed by atoms with Crippen LogP contribution in [0.2, 0.25) is 0 Å². The van der Waals surface area contributed by atoms with Crippen LogP contribution in [-0.2, 0) is 9.47 Å². The third kappa shape index (κ3) is 4.44. The van der Waals surface area contributed by atoms with E-state index >= 15 is 0 Å². The van der Waals surface area contributed by atoms with E-state index in [1.54, 1.807) is 7.11 Å². The van der Waals surface area contributed by atoms with Gasteiger partial charge in [-0.05, 0) is 60.9 Å². The molecule has 4 rings (SSSR count). The monoisotopic (exact) mass is 443 g/mol. The van der Waals surface area contributed by atoms with E-state index in [0.717, 1.165) is 24.8 Å². The molecule has 0 aliphatic heterocycles. The Balaban J connectivity index is 1.85. The normalized spacial score (nSPS) is 18.6. The summed E-state index contributed by atoms with van der Waals surface area (Å²) in [5.41, 5.74) is 1.17. The summed E-state index contributed by atoms with van der Waals surface area (Å²) in [6.07, 6.45) is 5.36. The fourth-order valence-corrected chi connectivity index (χ4v) is 9.57. The van der Waals surface area contributed by atoms with E-state index in [2.05, 4.69) is 104 Å². The predicted molar refractivity (Wildman–Crippen MR) is 138 cm³/mol. The largest absolute Gasteiger partial charge is 0.497 e. The maximum absolute atomic E-state index is 6.03. The Morgan fingerprint density at radius 3 is 1.69 bits per heavy atom. The van der Waals surface area contributed by atoms with Gasteiger partial charge in [0.1, 0.15) is 28.9 Å². The van der Waals surface area contributed by atoms with Gasteiger partial charge in [0, 0.05) is 13.0 Å². The topological polar surface area (TPSA) is 18.5 Å². The Morgan fingerprint density at radius 2 is 1.28 bits per heavy atom. The molecule has 0 aromatic heterocycles. The lowest BCUT2D eigenvalue weighted by Crippen LogP contribution is -2.39. The molecular weight excluding hydrogens is 411 g/mol. The fraction of sp³-hybridized carbons (Fsp3) is 0.241. The highest BCUT2D eigenvalue weighted by Crippen LogP contribution is 2.58. The highest BCUT2D eigenvalue weighted by Gasteiger charge is 2.48. The summed E-state index contributed by atoms with van der Waals surface area (Å²) in [4.78, 5) is 0. The van der Waals surface area contributed by atoms with Crippen LogP contribution < -0.4 is 15.9 Å². The van der Waals surface area contributed by atoms with Crippen LogP contribution in [0.1, 0.15) is 12.8 Å². The minimum absolute atomic E-state index is 0.0427. The number of ether oxygens (including phenoxy) is 2. The Morgan fingerprint density at radius 1 is 0.812 bits per heavy atom. The first-order valence-electron chi connectivity index (χ1n) is 11.2. The van der Waals surface area contributed by atoms with Gasteiger partial charge in [0.25, 0.3) is 0 Å². The lowest BCUT2D eigenvalue weighted by molar-refractivity contribution is 0.0875. The van der Waals surface area contributed by atoms with Crippen molar-refractivity contribution in [1.82, 2.24) is 0 Å². The second-order valence-corrected chi connectivity index (χ2v) is 11.9. The zero-order valence-electron chi connectivity index (χ0n) is 19.0. The summed E-state index contributed by atoms with van der Waals surface area (Å²) in [6, 6.07) is 33.2. The molecular formula is C29H32O2P+. The van der Waals surface area contributed by atoms with E-state index in [1.807, 2.05) is 7.11 Å². The quantitative estimate of drug-likeness (QED) is 0.338. The zero-order valence-corrected chi connectivity index (χ0v) is 19.9. The van der Waals surface area contributed by atoms with Gasteiger partial charge in [-0.1, -0.05) is 61.2 Å². The van der Waals surface area contributed by atoms with Gasteiger partial charge in [-0.2, -0.15) is 0 Å². The fourth-order valence-electron chi connectivity index (χ4n) is 4.90. The maximum atomic E-state index is 6.03. The molecule has 1 aliphatic rings. The first kappa shape index (κ1) is 22.5. The van der Waals surface area contributed by atoms with Crippen molar-refractivity contribution in [3.63, 3.8) is 0 Å². The summed E-state index contributed by atoms with van der Waals surface area (Å²) >= 11 is 0. The molecule has 164 valence electrons. The third-order valence-electron chi connectivity index (χ3n) is 6.59. The van der Waals surface area contributed by atoms with Crippen LogP contribution in [0.25, 0.3) is 0 Å². The molecule has 2 atom stereocenters. The first-order chi connectivity index (χ1) is 15.7. The highest BCUT2D eigenvalue weighted by atomic mass is 31.2. The molecule has 1 aliphatic carbocycles. The van der Waals surface area contributed by atoms with Gasteiger partial charge in [-0.3, -0.25) is 0 Å². The van der Waals surface area contributed by atoms with Crippen LogP contribution in [0.4, 0.5) is 0 Å². The van der Waals surface area contributed by atoms with Gasteiger partial charge < -0.3 is 9.47 Å². The number of rotatable bonds is 8.